The summed E-state index contributed by atoms with van der Waals surface area (Å²) in [6, 6.07) is 6.32. The van der Waals surface area contributed by atoms with Crippen LogP contribution in [0.15, 0.2) is 24.3 Å². The Morgan fingerprint density at radius 1 is 1.18 bits per heavy atom. The van der Waals surface area contributed by atoms with E-state index < -0.39 is 5.41 Å². The Bertz CT molecular complexity index is 879. The number of hydrogen-bond donors (Lipinski definition) is 0. The van der Waals surface area contributed by atoms with Crippen LogP contribution in [0.2, 0.25) is 0 Å². The average molecular weight is 405 g/mol. The molecule has 0 N–H and O–H groups in total. The van der Waals surface area contributed by atoms with Gasteiger partial charge in [0.15, 0.2) is 5.82 Å². The molecule has 0 bridgehead atoms. The van der Waals surface area contributed by atoms with Crippen LogP contribution in [0.5, 0.6) is 0 Å². The second kappa shape index (κ2) is 8.03. The monoisotopic (exact) mass is 404 g/mol. The predicted molar refractivity (Wildman–Crippen MR) is 110 cm³/mol. The molecule has 1 aromatic carbocycles. The first kappa shape index (κ1) is 20.5. The van der Waals surface area contributed by atoms with Gasteiger partial charge in [-0.2, -0.15) is 0 Å². The molecule has 0 spiro atoms. The van der Waals surface area contributed by atoms with E-state index in [1.165, 1.54) is 12.1 Å². The van der Waals surface area contributed by atoms with Crippen molar-refractivity contribution in [3.63, 3.8) is 0 Å². The number of anilines is 1. The second-order valence-corrected chi connectivity index (χ2v) is 8.16. The van der Waals surface area contributed by atoms with Gasteiger partial charge in [-0.1, -0.05) is 12.1 Å². The molecule has 2 aromatic rings. The van der Waals surface area contributed by atoms with Crippen LogP contribution in [0.1, 0.15) is 25.1 Å². The van der Waals surface area contributed by atoms with E-state index >= 15 is 0 Å². The van der Waals surface area contributed by atoms with Gasteiger partial charge in [-0.25, -0.2) is 14.4 Å². The summed E-state index contributed by atoms with van der Waals surface area (Å²) in [5, 5.41) is 0. The lowest BCUT2D eigenvalue weighted by Gasteiger charge is -2.39. The zero-order chi connectivity index (χ0) is 20.5. The fourth-order valence-corrected chi connectivity index (χ4v) is 3.40. The van der Waals surface area contributed by atoms with Crippen molar-refractivity contribution in [3.8, 4) is 11.4 Å². The highest BCUT2D eigenvalue weighted by molar-refractivity contribution is 6.19. The molecule has 1 aliphatic rings. The van der Waals surface area contributed by atoms with Crippen LogP contribution in [0.3, 0.4) is 0 Å². The van der Waals surface area contributed by atoms with Crippen LogP contribution in [0, 0.1) is 25.1 Å². The van der Waals surface area contributed by atoms with Gasteiger partial charge in [0, 0.05) is 48.9 Å². The van der Waals surface area contributed by atoms with E-state index in [4.69, 9.17) is 16.6 Å². The van der Waals surface area contributed by atoms with Gasteiger partial charge in [-0.3, -0.25) is 4.79 Å². The van der Waals surface area contributed by atoms with E-state index in [1.807, 2.05) is 38.7 Å². The molecule has 0 aliphatic carbocycles. The number of alkyl halides is 1. The number of nitrogens with zero attached hydrogens (tertiary/aromatic N) is 4. The van der Waals surface area contributed by atoms with Gasteiger partial charge in [0.25, 0.3) is 0 Å². The number of benzene rings is 1. The first-order valence-corrected chi connectivity index (χ1v) is 9.98. The predicted octanol–water partition coefficient (Wildman–Crippen LogP) is 3.81. The molecule has 7 heteroatoms. The lowest BCUT2D eigenvalue weighted by Crippen LogP contribution is -2.53. The van der Waals surface area contributed by atoms with E-state index in [-0.39, 0.29) is 11.7 Å². The third-order valence-corrected chi connectivity index (χ3v) is 5.89. The molecule has 0 unspecified atom stereocenters. The van der Waals surface area contributed by atoms with Crippen molar-refractivity contribution >= 4 is 23.3 Å². The van der Waals surface area contributed by atoms with E-state index in [0.717, 1.165) is 17.1 Å². The largest absolute Gasteiger partial charge is 0.353 e. The maximum Gasteiger partial charge on any atom is 0.229 e. The fourth-order valence-electron chi connectivity index (χ4n) is 3.28. The van der Waals surface area contributed by atoms with Gasteiger partial charge >= 0.3 is 0 Å². The summed E-state index contributed by atoms with van der Waals surface area (Å²) < 4.78 is 13.6. The Morgan fingerprint density at radius 3 is 2.46 bits per heavy atom. The molecule has 0 atom stereocenters. The molecule has 3 rings (SSSR count). The van der Waals surface area contributed by atoms with Gasteiger partial charge in [0.1, 0.15) is 11.6 Å². The molecule has 1 amide bonds. The number of halogens is 2. The first-order valence-electron chi connectivity index (χ1n) is 9.44. The van der Waals surface area contributed by atoms with Crippen LogP contribution in [-0.4, -0.2) is 52.8 Å². The summed E-state index contributed by atoms with van der Waals surface area (Å²) in [7, 11) is 0. The standard InChI is InChI=1S/C21H26ClFN4O/c1-14-15(2)24-18(16-6-5-7-17(23)12-16)25-19(14)26-8-10-27(11-9-26)20(28)21(3,4)13-22/h5-7,12H,8-11,13H2,1-4H3. The average Bonchev–Trinajstić information content (AvgIpc) is 2.69. The topological polar surface area (TPSA) is 49.3 Å². The minimum atomic E-state index is -0.560. The molecule has 2 heterocycles. The van der Waals surface area contributed by atoms with Gasteiger partial charge in [0.2, 0.25) is 5.91 Å². The molecular weight excluding hydrogens is 379 g/mol. The van der Waals surface area contributed by atoms with Crippen LogP contribution in [0.25, 0.3) is 11.4 Å². The number of piperazine rings is 1. The zero-order valence-corrected chi connectivity index (χ0v) is 17.6. The maximum atomic E-state index is 13.6. The third kappa shape index (κ3) is 4.12. The number of carbonyl (C=O) groups is 1. The second-order valence-electron chi connectivity index (χ2n) is 7.89. The Balaban J connectivity index is 1.82. The lowest BCUT2D eigenvalue weighted by atomic mass is 9.94. The summed E-state index contributed by atoms with van der Waals surface area (Å²) >= 11 is 5.96. The Labute approximate surface area is 170 Å². The third-order valence-electron chi connectivity index (χ3n) is 5.23. The van der Waals surface area contributed by atoms with Crippen molar-refractivity contribution in [1.29, 1.82) is 0 Å². The van der Waals surface area contributed by atoms with Gasteiger partial charge < -0.3 is 9.80 Å². The molecule has 5 nitrogen and oxygen atoms in total. The Hall–Kier alpha value is -2.21. The van der Waals surface area contributed by atoms with Gasteiger partial charge in [-0.15, -0.1) is 11.6 Å². The smallest absolute Gasteiger partial charge is 0.229 e. The van der Waals surface area contributed by atoms with E-state index in [0.29, 0.717) is 43.4 Å². The van der Waals surface area contributed by atoms with Crippen molar-refractivity contribution in [1.82, 2.24) is 14.9 Å². The number of amides is 1. The lowest BCUT2D eigenvalue weighted by molar-refractivity contribution is -0.139. The normalized spacial score (nSPS) is 15.1. The highest BCUT2D eigenvalue weighted by Gasteiger charge is 2.33. The number of aryl methyl sites for hydroxylation is 1. The van der Waals surface area contributed by atoms with Crippen molar-refractivity contribution in [2.24, 2.45) is 5.41 Å². The van der Waals surface area contributed by atoms with Crippen molar-refractivity contribution in [3.05, 3.63) is 41.3 Å². The van der Waals surface area contributed by atoms with E-state index in [9.17, 15) is 9.18 Å². The summed E-state index contributed by atoms with van der Waals surface area (Å²) in [6.07, 6.45) is 0. The summed E-state index contributed by atoms with van der Waals surface area (Å²) in [4.78, 5) is 26.0. The summed E-state index contributed by atoms with van der Waals surface area (Å²) in [5.74, 6) is 1.43. The minimum Gasteiger partial charge on any atom is -0.353 e. The quantitative estimate of drug-likeness (QED) is 0.727. The number of aromatic nitrogens is 2. The molecule has 150 valence electrons. The Kier molecular flexibility index (Phi) is 5.89. The van der Waals surface area contributed by atoms with Crippen molar-refractivity contribution in [2.75, 3.05) is 37.0 Å². The van der Waals surface area contributed by atoms with Crippen LogP contribution in [0.4, 0.5) is 10.2 Å². The van der Waals surface area contributed by atoms with E-state index in [2.05, 4.69) is 9.88 Å². The molecule has 28 heavy (non-hydrogen) atoms. The summed E-state index contributed by atoms with van der Waals surface area (Å²) in [6.45, 7) is 10.3. The minimum absolute atomic E-state index is 0.0817. The summed E-state index contributed by atoms with van der Waals surface area (Å²) in [5.41, 5.74) is 1.96. The molecule has 1 fully saturated rings. The highest BCUT2D eigenvalue weighted by Crippen LogP contribution is 2.27. The molecule has 1 aromatic heterocycles. The number of hydrogen-bond acceptors (Lipinski definition) is 4. The number of rotatable bonds is 4. The fraction of sp³-hybridized carbons (Fsp3) is 0.476. The molecule has 0 radical (unpaired) electrons. The van der Waals surface area contributed by atoms with E-state index in [1.54, 1.807) is 6.07 Å². The van der Waals surface area contributed by atoms with Crippen LogP contribution < -0.4 is 4.90 Å². The zero-order valence-electron chi connectivity index (χ0n) is 16.8. The Morgan fingerprint density at radius 2 is 1.86 bits per heavy atom. The molecule has 0 saturated carbocycles. The maximum absolute atomic E-state index is 13.6. The van der Waals surface area contributed by atoms with Gasteiger partial charge in [0.05, 0.1) is 5.41 Å². The van der Waals surface area contributed by atoms with Crippen molar-refractivity contribution in [2.45, 2.75) is 27.7 Å². The molecule has 1 saturated heterocycles. The highest BCUT2D eigenvalue weighted by atomic mass is 35.5. The molecular formula is C21H26ClFN4O. The van der Waals surface area contributed by atoms with Gasteiger partial charge in [-0.05, 0) is 39.8 Å². The van der Waals surface area contributed by atoms with Crippen LogP contribution in [-0.2, 0) is 4.79 Å². The van der Waals surface area contributed by atoms with Crippen molar-refractivity contribution < 1.29 is 9.18 Å². The SMILES string of the molecule is Cc1nc(-c2cccc(F)c2)nc(N2CCN(C(=O)C(C)(C)CCl)CC2)c1C. The van der Waals surface area contributed by atoms with Crippen LogP contribution >= 0.6 is 11.6 Å². The first-order chi connectivity index (χ1) is 13.2. The molecule has 1 aliphatic heterocycles. The number of carbonyl (C=O) groups excluding carboxylic acids is 1.